The number of hydrogen-bond acceptors (Lipinski definition) is 5. The van der Waals surface area contributed by atoms with Crippen molar-refractivity contribution in [1.82, 2.24) is 4.98 Å². The standard InChI is InChI=1S/C32H21BrN2O3/c33-22-13-14-25-20(17-22)12-15-26-32(30(37)23-10-4-5-11-24(23)31(32)38)27(21-9-6-16-34-18-21)28(35(25)26)29(36)19-7-2-1-3-8-19/h1-18,26-28H/t26-,27+,28+/m1/s1. The Morgan fingerprint density at radius 1 is 0.868 bits per heavy atom. The first kappa shape index (κ1) is 23.0. The topological polar surface area (TPSA) is 67.3 Å². The van der Waals surface area contributed by atoms with E-state index in [2.05, 4.69) is 20.9 Å². The van der Waals surface area contributed by atoms with Crippen molar-refractivity contribution < 1.29 is 14.4 Å². The van der Waals surface area contributed by atoms with E-state index < -0.39 is 23.4 Å². The third kappa shape index (κ3) is 2.98. The van der Waals surface area contributed by atoms with Gasteiger partial charge in [0.15, 0.2) is 17.3 Å². The van der Waals surface area contributed by atoms with E-state index in [1.54, 1.807) is 54.9 Å². The zero-order chi connectivity index (χ0) is 26.0. The Bertz CT molecular complexity index is 1630. The van der Waals surface area contributed by atoms with Crippen molar-refractivity contribution >= 4 is 45.0 Å². The summed E-state index contributed by atoms with van der Waals surface area (Å²) in [5.74, 6) is -1.37. The van der Waals surface area contributed by atoms with Crippen LogP contribution in [0.15, 0.2) is 108 Å². The lowest BCUT2D eigenvalue weighted by Crippen LogP contribution is -2.48. The molecule has 3 aliphatic rings. The second-order valence-corrected chi connectivity index (χ2v) is 10.8. The van der Waals surface area contributed by atoms with Crippen molar-refractivity contribution in [2.75, 3.05) is 4.90 Å². The maximum Gasteiger partial charge on any atom is 0.185 e. The van der Waals surface area contributed by atoms with Gasteiger partial charge in [-0.2, -0.15) is 0 Å². The molecule has 0 radical (unpaired) electrons. The predicted molar refractivity (Wildman–Crippen MR) is 149 cm³/mol. The Kier molecular flexibility index (Phi) is 5.10. The van der Waals surface area contributed by atoms with Crippen LogP contribution >= 0.6 is 15.9 Å². The molecule has 0 amide bonds. The van der Waals surface area contributed by atoms with E-state index in [1.807, 2.05) is 59.5 Å². The number of Topliss-reactive ketones (excluding diaryl/α,β-unsaturated/α-hetero) is 3. The first-order chi connectivity index (χ1) is 18.5. The minimum atomic E-state index is -1.51. The molecule has 1 aliphatic carbocycles. The molecule has 4 aromatic rings. The van der Waals surface area contributed by atoms with Gasteiger partial charge in [-0.3, -0.25) is 19.4 Å². The number of anilines is 1. The second-order valence-electron chi connectivity index (χ2n) is 9.93. The molecule has 38 heavy (non-hydrogen) atoms. The lowest BCUT2D eigenvalue weighted by Gasteiger charge is -2.37. The van der Waals surface area contributed by atoms with Gasteiger partial charge in [0, 0.05) is 45.2 Å². The number of carbonyl (C=O) groups excluding carboxylic acids is 3. The number of hydrogen-bond donors (Lipinski definition) is 0. The summed E-state index contributed by atoms with van der Waals surface area (Å²) in [6.45, 7) is 0. The van der Waals surface area contributed by atoms with E-state index in [0.717, 1.165) is 15.7 Å². The van der Waals surface area contributed by atoms with Crippen LogP contribution in [0.25, 0.3) is 6.08 Å². The Balaban J connectivity index is 1.55. The molecular formula is C32H21BrN2O3. The van der Waals surface area contributed by atoms with Gasteiger partial charge in [0.25, 0.3) is 0 Å². The smallest absolute Gasteiger partial charge is 0.185 e. The van der Waals surface area contributed by atoms with Gasteiger partial charge < -0.3 is 4.90 Å². The van der Waals surface area contributed by atoms with Gasteiger partial charge in [-0.1, -0.05) is 88.7 Å². The van der Waals surface area contributed by atoms with Crippen molar-refractivity contribution in [3.05, 3.63) is 136 Å². The minimum Gasteiger partial charge on any atom is -0.352 e. The van der Waals surface area contributed by atoms with Crippen LogP contribution < -0.4 is 4.90 Å². The maximum atomic E-state index is 14.5. The molecule has 0 saturated carbocycles. The maximum absolute atomic E-state index is 14.5. The Morgan fingerprint density at radius 2 is 1.58 bits per heavy atom. The largest absolute Gasteiger partial charge is 0.352 e. The SMILES string of the molecule is O=C(c1ccccc1)[C@@H]1[C@H](c2cccnc2)C2(C(=O)c3ccccc3C2=O)[C@H]2C=Cc3cc(Br)ccc3N12. The average molecular weight is 561 g/mol. The number of ketones is 3. The summed E-state index contributed by atoms with van der Waals surface area (Å²) in [7, 11) is 0. The first-order valence-corrected chi connectivity index (χ1v) is 13.3. The number of nitrogens with zero attached hydrogens (tertiary/aromatic N) is 2. The second kappa shape index (κ2) is 8.43. The Morgan fingerprint density at radius 3 is 2.26 bits per heavy atom. The molecule has 6 heteroatoms. The lowest BCUT2D eigenvalue weighted by molar-refractivity contribution is 0.0666. The highest BCUT2D eigenvalue weighted by atomic mass is 79.9. The van der Waals surface area contributed by atoms with Crippen LogP contribution in [-0.2, 0) is 0 Å². The quantitative estimate of drug-likeness (QED) is 0.222. The molecule has 1 aromatic heterocycles. The minimum absolute atomic E-state index is 0.137. The summed E-state index contributed by atoms with van der Waals surface area (Å²) in [5, 5.41) is 0. The molecule has 1 spiro atoms. The lowest BCUT2D eigenvalue weighted by atomic mass is 9.64. The van der Waals surface area contributed by atoms with Gasteiger partial charge in [-0.25, -0.2) is 0 Å². The number of pyridine rings is 1. The molecule has 7 rings (SSSR count). The summed E-state index contributed by atoms with van der Waals surface area (Å²) < 4.78 is 0.906. The molecule has 0 unspecified atom stereocenters. The molecule has 1 saturated heterocycles. The molecule has 5 nitrogen and oxygen atoms in total. The Hall–Kier alpha value is -4.16. The van der Waals surface area contributed by atoms with E-state index in [0.29, 0.717) is 22.3 Å². The molecule has 184 valence electrons. The molecule has 0 bridgehead atoms. The van der Waals surface area contributed by atoms with Crippen molar-refractivity contribution in [2.24, 2.45) is 5.41 Å². The fourth-order valence-corrected chi connectivity index (χ4v) is 7.03. The van der Waals surface area contributed by atoms with Crippen molar-refractivity contribution in [3.63, 3.8) is 0 Å². The molecule has 2 aliphatic heterocycles. The normalized spacial score (nSPS) is 22.3. The monoisotopic (exact) mass is 560 g/mol. The molecular weight excluding hydrogens is 540 g/mol. The highest BCUT2D eigenvalue weighted by molar-refractivity contribution is 9.10. The van der Waals surface area contributed by atoms with Gasteiger partial charge in [-0.05, 0) is 35.4 Å². The highest BCUT2D eigenvalue weighted by Gasteiger charge is 2.71. The fourth-order valence-electron chi connectivity index (χ4n) is 6.65. The summed E-state index contributed by atoms with van der Waals surface area (Å²) >= 11 is 3.55. The fraction of sp³-hybridized carbons (Fsp3) is 0.125. The molecule has 3 heterocycles. The number of aromatic nitrogens is 1. The van der Waals surface area contributed by atoms with Crippen LogP contribution in [0.5, 0.6) is 0 Å². The zero-order valence-corrected chi connectivity index (χ0v) is 21.7. The van der Waals surface area contributed by atoms with Crippen LogP contribution in [0.2, 0.25) is 0 Å². The number of fused-ring (bicyclic) bond motifs is 5. The van der Waals surface area contributed by atoms with E-state index in [1.165, 1.54) is 0 Å². The number of rotatable bonds is 3. The van der Waals surface area contributed by atoms with Crippen LogP contribution in [-0.4, -0.2) is 34.4 Å². The summed E-state index contributed by atoms with van der Waals surface area (Å²) in [5.41, 5.74) is 2.27. The first-order valence-electron chi connectivity index (χ1n) is 12.5. The summed E-state index contributed by atoms with van der Waals surface area (Å²) in [6.07, 6.45) is 7.23. The van der Waals surface area contributed by atoms with E-state index >= 15 is 0 Å². The number of benzene rings is 3. The van der Waals surface area contributed by atoms with Crippen LogP contribution in [0.1, 0.15) is 48.1 Å². The molecule has 3 atom stereocenters. The zero-order valence-electron chi connectivity index (χ0n) is 20.1. The van der Waals surface area contributed by atoms with Gasteiger partial charge in [0.1, 0.15) is 11.5 Å². The van der Waals surface area contributed by atoms with Crippen molar-refractivity contribution in [2.45, 2.75) is 18.0 Å². The third-order valence-electron chi connectivity index (χ3n) is 8.14. The number of carbonyl (C=O) groups is 3. The highest BCUT2D eigenvalue weighted by Crippen LogP contribution is 2.60. The third-order valence-corrected chi connectivity index (χ3v) is 8.63. The predicted octanol–water partition coefficient (Wildman–Crippen LogP) is 6.16. The average Bonchev–Trinajstić information content (AvgIpc) is 3.39. The van der Waals surface area contributed by atoms with Gasteiger partial charge in [0.05, 0.1) is 6.04 Å². The van der Waals surface area contributed by atoms with Gasteiger partial charge in [0.2, 0.25) is 0 Å². The summed E-state index contributed by atoms with van der Waals surface area (Å²) in [6, 6.07) is 24.2. The molecule has 1 fully saturated rings. The van der Waals surface area contributed by atoms with E-state index in [4.69, 9.17) is 0 Å². The van der Waals surface area contributed by atoms with Gasteiger partial charge >= 0.3 is 0 Å². The van der Waals surface area contributed by atoms with Gasteiger partial charge in [-0.15, -0.1) is 0 Å². The van der Waals surface area contributed by atoms with Crippen molar-refractivity contribution in [3.8, 4) is 0 Å². The molecule has 3 aromatic carbocycles. The van der Waals surface area contributed by atoms with E-state index in [9.17, 15) is 14.4 Å². The number of halogens is 1. The molecule has 0 N–H and O–H groups in total. The van der Waals surface area contributed by atoms with Crippen LogP contribution in [0.3, 0.4) is 0 Å². The summed E-state index contributed by atoms with van der Waals surface area (Å²) in [4.78, 5) is 49.9. The van der Waals surface area contributed by atoms with Crippen LogP contribution in [0.4, 0.5) is 5.69 Å². The Labute approximate surface area is 228 Å². The van der Waals surface area contributed by atoms with E-state index in [-0.39, 0.29) is 17.3 Å². The van der Waals surface area contributed by atoms with Crippen LogP contribution in [0, 0.1) is 5.41 Å². The van der Waals surface area contributed by atoms with Crippen molar-refractivity contribution in [1.29, 1.82) is 0 Å².